The summed E-state index contributed by atoms with van der Waals surface area (Å²) in [6.45, 7) is 8.36. The van der Waals surface area contributed by atoms with Gasteiger partial charge in [-0.05, 0) is 67.3 Å². The molecule has 0 unspecified atom stereocenters. The lowest BCUT2D eigenvalue weighted by molar-refractivity contribution is -0.136. The minimum absolute atomic E-state index is 0.168. The van der Waals surface area contributed by atoms with Crippen LogP contribution < -0.4 is 24.4 Å². The predicted octanol–water partition coefficient (Wildman–Crippen LogP) is 3.25. The molecule has 192 valence electrons. The van der Waals surface area contributed by atoms with Crippen LogP contribution in [0.2, 0.25) is 0 Å². The van der Waals surface area contributed by atoms with Gasteiger partial charge in [-0.3, -0.25) is 9.36 Å². The number of aromatic hydroxyl groups is 1. The van der Waals surface area contributed by atoms with E-state index in [1.807, 2.05) is 19.9 Å². The van der Waals surface area contributed by atoms with E-state index in [4.69, 9.17) is 14.2 Å². The lowest BCUT2D eigenvalue weighted by Gasteiger charge is -2.23. The van der Waals surface area contributed by atoms with Crippen molar-refractivity contribution in [2.75, 3.05) is 20.3 Å². The van der Waals surface area contributed by atoms with E-state index in [2.05, 4.69) is 11.6 Å². The number of nitrogens with zero attached hydrogens (tertiary/aromatic N) is 2. The molecule has 2 aromatic carbocycles. The molecule has 0 saturated carbocycles. The van der Waals surface area contributed by atoms with E-state index in [9.17, 15) is 14.7 Å². The van der Waals surface area contributed by atoms with Gasteiger partial charge in [0, 0.05) is 6.20 Å². The first-order valence-electron chi connectivity index (χ1n) is 11.8. The highest BCUT2D eigenvalue weighted by atomic mass is 32.1. The summed E-state index contributed by atoms with van der Waals surface area (Å²) in [5.41, 5.74) is 2.05. The summed E-state index contributed by atoms with van der Waals surface area (Å²) in [6, 6.07) is 9.73. The summed E-state index contributed by atoms with van der Waals surface area (Å²) >= 11 is 1.22. The minimum Gasteiger partial charge on any atom is -0.508 e. The second kappa shape index (κ2) is 11.3. The van der Waals surface area contributed by atoms with Gasteiger partial charge in [-0.1, -0.05) is 29.5 Å². The number of hydrogen-bond donors (Lipinski definition) is 1. The highest BCUT2D eigenvalue weighted by Crippen LogP contribution is 2.35. The Morgan fingerprint density at radius 2 is 1.92 bits per heavy atom. The maximum absolute atomic E-state index is 13.7. The number of ether oxygens (including phenoxy) is 3. The first-order valence-corrected chi connectivity index (χ1v) is 12.6. The Kier molecular flexibility index (Phi) is 7.93. The largest absolute Gasteiger partial charge is 0.508 e. The summed E-state index contributed by atoms with van der Waals surface area (Å²) < 4.78 is 18.4. The normalized spacial score (nSPS) is 14.8. The highest BCUT2D eigenvalue weighted by molar-refractivity contribution is 7.07. The van der Waals surface area contributed by atoms with E-state index < -0.39 is 12.0 Å². The average molecular weight is 521 g/mol. The van der Waals surface area contributed by atoms with Crippen LogP contribution in [0.15, 0.2) is 70.6 Å². The molecule has 0 amide bonds. The third-order valence-electron chi connectivity index (χ3n) is 5.77. The summed E-state index contributed by atoms with van der Waals surface area (Å²) in [4.78, 5) is 31.3. The Labute approximate surface area is 218 Å². The molecule has 4 rings (SSSR count). The molecule has 0 spiro atoms. The number of methoxy groups -OCH3 is 1. The summed E-state index contributed by atoms with van der Waals surface area (Å²) in [5, 5.41) is 10.1. The topological polar surface area (TPSA) is 99.4 Å². The molecule has 1 aliphatic rings. The fraction of sp³-hybridized carbons (Fsp3) is 0.250. The predicted molar refractivity (Wildman–Crippen MR) is 142 cm³/mol. The fourth-order valence-electron chi connectivity index (χ4n) is 4.15. The number of thiazole rings is 1. The van der Waals surface area contributed by atoms with Crippen LogP contribution in [0.5, 0.6) is 17.2 Å². The first kappa shape index (κ1) is 26.0. The van der Waals surface area contributed by atoms with Gasteiger partial charge in [0.1, 0.15) is 5.75 Å². The number of hydrogen-bond acceptors (Lipinski definition) is 8. The van der Waals surface area contributed by atoms with Crippen LogP contribution in [-0.2, 0) is 16.0 Å². The van der Waals surface area contributed by atoms with Crippen molar-refractivity contribution in [1.82, 2.24) is 4.57 Å². The number of aromatic nitrogens is 1. The number of carbonyl (C=O) groups is 1. The van der Waals surface area contributed by atoms with E-state index in [1.165, 1.54) is 29.2 Å². The Bertz CT molecular complexity index is 1550. The Morgan fingerprint density at radius 1 is 1.16 bits per heavy atom. The van der Waals surface area contributed by atoms with Crippen LogP contribution in [0.25, 0.3) is 6.08 Å². The second-order valence-electron chi connectivity index (χ2n) is 8.13. The van der Waals surface area contributed by atoms with Crippen molar-refractivity contribution in [3.8, 4) is 17.2 Å². The zero-order valence-corrected chi connectivity index (χ0v) is 21.7. The molecule has 1 atom stereocenters. The van der Waals surface area contributed by atoms with E-state index in [1.54, 1.807) is 42.5 Å². The number of benzene rings is 2. The van der Waals surface area contributed by atoms with E-state index >= 15 is 0 Å². The van der Waals surface area contributed by atoms with Gasteiger partial charge in [-0.2, -0.15) is 0 Å². The number of rotatable bonds is 9. The van der Waals surface area contributed by atoms with Crippen molar-refractivity contribution in [3.05, 3.63) is 97.2 Å². The molecular formula is C28H28N2O6S. The van der Waals surface area contributed by atoms with Crippen LogP contribution in [0.1, 0.15) is 36.6 Å². The molecule has 1 N–H and O–H groups in total. The minimum atomic E-state index is -0.767. The number of phenols is 1. The van der Waals surface area contributed by atoms with Crippen molar-refractivity contribution in [1.29, 1.82) is 0 Å². The van der Waals surface area contributed by atoms with Gasteiger partial charge in [0.2, 0.25) is 0 Å². The lowest BCUT2D eigenvalue weighted by atomic mass is 9.97. The summed E-state index contributed by atoms with van der Waals surface area (Å²) in [6.07, 6.45) is 5.40. The number of esters is 1. The average Bonchev–Trinajstić information content (AvgIpc) is 3.21. The standard InChI is InChI=1S/C28H28N2O6S/c1-5-8-18-13-17(9-11-21(18)31)14-24-26(32)30-25(20(27(33)34-4)16-29-28(30)37-24)19-10-12-22(35-6-2)23(15-19)36-7-3/h5,9-16,25,31H,1,6-8H2,2-4H3/b24-14-/t25-/m0/s1. The van der Waals surface area contributed by atoms with Crippen molar-refractivity contribution in [2.45, 2.75) is 26.3 Å². The maximum atomic E-state index is 13.7. The van der Waals surface area contributed by atoms with Crippen LogP contribution in [0, 0.1) is 0 Å². The number of phenolic OH excluding ortho intramolecular Hbond substituents is 1. The first-order chi connectivity index (χ1) is 17.9. The SMILES string of the molecule is C=CCc1cc(/C=c2\sc3n(c2=O)[C@@H](c2ccc(OCC)c(OCC)c2)C(C(=O)OC)=CN=3)ccc1O. The quantitative estimate of drug-likeness (QED) is 0.344. The van der Waals surface area contributed by atoms with E-state index in [0.717, 1.165) is 5.56 Å². The molecular weight excluding hydrogens is 492 g/mol. The van der Waals surface area contributed by atoms with Crippen LogP contribution in [0.3, 0.4) is 0 Å². The molecule has 0 bridgehead atoms. The van der Waals surface area contributed by atoms with Crippen LogP contribution in [0.4, 0.5) is 0 Å². The van der Waals surface area contributed by atoms with Gasteiger partial charge in [0.05, 0.1) is 36.5 Å². The van der Waals surface area contributed by atoms with Crippen molar-refractivity contribution in [3.63, 3.8) is 0 Å². The zero-order chi connectivity index (χ0) is 26.5. The molecule has 0 aliphatic carbocycles. The maximum Gasteiger partial charge on any atom is 0.337 e. The van der Waals surface area contributed by atoms with Gasteiger partial charge < -0.3 is 19.3 Å². The summed E-state index contributed by atoms with van der Waals surface area (Å²) in [5.74, 6) is 0.681. The van der Waals surface area contributed by atoms with Crippen LogP contribution in [-0.4, -0.2) is 36.0 Å². The number of allylic oxidation sites excluding steroid dienone is 1. The Hall–Kier alpha value is -4.11. The molecule has 1 aromatic heterocycles. The third kappa shape index (κ3) is 5.22. The number of fused-ring (bicyclic) bond motifs is 1. The Morgan fingerprint density at radius 3 is 2.62 bits per heavy atom. The van der Waals surface area contributed by atoms with Gasteiger partial charge in [-0.25, -0.2) is 9.79 Å². The van der Waals surface area contributed by atoms with Crippen molar-refractivity contribution in [2.24, 2.45) is 4.99 Å². The third-order valence-corrected chi connectivity index (χ3v) is 6.77. The molecule has 9 heteroatoms. The van der Waals surface area contributed by atoms with Crippen molar-refractivity contribution >= 4 is 23.4 Å². The van der Waals surface area contributed by atoms with Gasteiger partial charge >= 0.3 is 5.97 Å². The molecule has 1 aliphatic heterocycles. The molecule has 37 heavy (non-hydrogen) atoms. The highest BCUT2D eigenvalue weighted by Gasteiger charge is 2.31. The molecule has 8 nitrogen and oxygen atoms in total. The number of carbonyl (C=O) groups excluding carboxylic acids is 1. The van der Waals surface area contributed by atoms with Crippen LogP contribution >= 0.6 is 11.3 Å². The molecule has 0 radical (unpaired) electrons. The zero-order valence-electron chi connectivity index (χ0n) is 20.9. The fourth-order valence-corrected chi connectivity index (χ4v) is 5.12. The molecule has 3 aromatic rings. The van der Waals surface area contributed by atoms with Gasteiger partial charge in [0.15, 0.2) is 16.3 Å². The van der Waals surface area contributed by atoms with Crippen molar-refractivity contribution < 1.29 is 24.1 Å². The Balaban J connectivity index is 1.89. The molecule has 0 saturated heterocycles. The second-order valence-corrected chi connectivity index (χ2v) is 9.14. The summed E-state index contributed by atoms with van der Waals surface area (Å²) in [7, 11) is 1.29. The van der Waals surface area contributed by atoms with Gasteiger partial charge in [0.25, 0.3) is 5.56 Å². The molecule has 2 heterocycles. The smallest absolute Gasteiger partial charge is 0.337 e. The monoisotopic (exact) mass is 520 g/mol. The van der Waals surface area contributed by atoms with Gasteiger partial charge in [-0.15, -0.1) is 6.58 Å². The van der Waals surface area contributed by atoms with E-state index in [-0.39, 0.29) is 16.9 Å². The molecule has 0 fully saturated rings. The van der Waals surface area contributed by atoms with E-state index in [0.29, 0.717) is 51.6 Å². The lowest BCUT2D eigenvalue weighted by Crippen LogP contribution is -2.39.